The van der Waals surface area contributed by atoms with Gasteiger partial charge in [0.25, 0.3) is 0 Å². The fraction of sp³-hybridized carbons (Fsp3) is 0.880. The zero-order valence-electron chi connectivity index (χ0n) is 18.9. The molecule has 0 unspecified atom stereocenters. The maximum absolute atomic E-state index is 11.7. The van der Waals surface area contributed by atoms with Gasteiger partial charge in [-0.2, -0.15) is 0 Å². The quantitative estimate of drug-likeness (QED) is 0.443. The molecule has 1 heterocycles. The second-order valence-electron chi connectivity index (χ2n) is 11.4. The Morgan fingerprint density at radius 1 is 1.00 bits per heavy atom. The van der Waals surface area contributed by atoms with Crippen LogP contribution in [-0.4, -0.2) is 31.1 Å². The first-order chi connectivity index (χ1) is 13.6. The number of hydrogen-bond acceptors (Lipinski definition) is 4. The van der Waals surface area contributed by atoms with Crippen LogP contribution in [0.4, 0.5) is 0 Å². The molecule has 3 saturated carbocycles. The van der Waals surface area contributed by atoms with Gasteiger partial charge in [0.2, 0.25) is 0 Å². The first kappa shape index (κ1) is 20.1. The Hall–Kier alpha value is -0.870. The van der Waals surface area contributed by atoms with Gasteiger partial charge in [-0.1, -0.05) is 39.3 Å². The molecule has 0 aromatic rings. The Morgan fingerprint density at radius 3 is 2.41 bits per heavy atom. The summed E-state index contributed by atoms with van der Waals surface area (Å²) in [6, 6.07) is 0. The Balaban J connectivity index is 1.48. The maximum Gasteiger partial charge on any atom is 0.302 e. The first-order valence-corrected chi connectivity index (χ1v) is 11.8. The van der Waals surface area contributed by atoms with Crippen LogP contribution in [0.2, 0.25) is 0 Å². The third-order valence-corrected chi connectivity index (χ3v) is 10.0. The minimum Gasteiger partial charge on any atom is -0.462 e. The predicted octanol–water partition coefficient (Wildman–Crippen LogP) is 5.26. The molecule has 162 valence electrons. The first-order valence-electron chi connectivity index (χ1n) is 11.8. The number of carbonyl (C=O) groups excluding carboxylic acids is 1. The third kappa shape index (κ3) is 2.54. The highest BCUT2D eigenvalue weighted by Gasteiger charge is 2.65. The number of rotatable bonds is 1. The van der Waals surface area contributed by atoms with E-state index in [-0.39, 0.29) is 28.3 Å². The standard InChI is InChI=1S/C25H38O4/c1-16(26)29-21-9-7-18-17-6-8-20-22(2,3)25(27-14-15-28-25)13-12-23(20,4)19(17)10-11-24(18,21)5/h8,17-19,21H,6-7,9-15H2,1-5H3/t17-,18-,19-,21-,23-,24-/m1/s1. The summed E-state index contributed by atoms with van der Waals surface area (Å²) in [5, 5.41) is 0. The Labute approximate surface area is 175 Å². The molecular formula is C25H38O4. The summed E-state index contributed by atoms with van der Waals surface area (Å²) in [6.07, 6.45) is 10.6. The zero-order chi connectivity index (χ0) is 20.7. The van der Waals surface area contributed by atoms with Gasteiger partial charge in [0, 0.05) is 24.2 Å². The van der Waals surface area contributed by atoms with E-state index in [1.54, 1.807) is 12.5 Å². The summed E-state index contributed by atoms with van der Waals surface area (Å²) in [7, 11) is 0. The van der Waals surface area contributed by atoms with Gasteiger partial charge in [-0.25, -0.2) is 0 Å². The molecule has 5 rings (SSSR count). The molecule has 0 N–H and O–H groups in total. The molecule has 0 aromatic heterocycles. The molecule has 1 spiro atoms. The molecule has 0 amide bonds. The van der Waals surface area contributed by atoms with E-state index in [1.165, 1.54) is 19.3 Å². The number of esters is 1. The van der Waals surface area contributed by atoms with Gasteiger partial charge in [-0.05, 0) is 61.7 Å². The molecule has 0 radical (unpaired) electrons. The molecule has 4 nitrogen and oxygen atoms in total. The van der Waals surface area contributed by atoms with E-state index >= 15 is 0 Å². The highest BCUT2D eigenvalue weighted by atomic mass is 16.7. The fourth-order valence-corrected chi connectivity index (χ4v) is 8.63. The highest BCUT2D eigenvalue weighted by molar-refractivity contribution is 5.66. The van der Waals surface area contributed by atoms with Crippen molar-refractivity contribution in [1.82, 2.24) is 0 Å². The minimum atomic E-state index is -0.428. The fourth-order valence-electron chi connectivity index (χ4n) is 8.63. The Kier molecular flexibility index (Phi) is 4.37. The van der Waals surface area contributed by atoms with Crippen LogP contribution in [0.5, 0.6) is 0 Å². The van der Waals surface area contributed by atoms with Crippen LogP contribution in [0.1, 0.15) is 79.6 Å². The second-order valence-corrected chi connectivity index (χ2v) is 11.4. The van der Waals surface area contributed by atoms with Crippen LogP contribution in [-0.2, 0) is 19.0 Å². The lowest BCUT2D eigenvalue weighted by Crippen LogP contribution is -2.59. The molecule has 4 fully saturated rings. The largest absolute Gasteiger partial charge is 0.462 e. The van der Waals surface area contributed by atoms with E-state index < -0.39 is 5.79 Å². The summed E-state index contributed by atoms with van der Waals surface area (Å²) in [5.74, 6) is 1.54. The molecule has 1 aliphatic heterocycles. The monoisotopic (exact) mass is 402 g/mol. The van der Waals surface area contributed by atoms with Crippen LogP contribution >= 0.6 is 0 Å². The van der Waals surface area contributed by atoms with Crippen LogP contribution in [0, 0.1) is 34.0 Å². The molecule has 5 aliphatic rings. The topological polar surface area (TPSA) is 44.8 Å². The normalized spacial score (nSPS) is 47.1. The summed E-state index contributed by atoms with van der Waals surface area (Å²) >= 11 is 0. The second kappa shape index (κ2) is 6.32. The maximum atomic E-state index is 11.7. The van der Waals surface area contributed by atoms with Crippen molar-refractivity contribution < 1.29 is 19.0 Å². The average Bonchev–Trinajstić information content (AvgIpc) is 3.25. The Morgan fingerprint density at radius 2 is 1.72 bits per heavy atom. The Bertz CT molecular complexity index is 733. The van der Waals surface area contributed by atoms with Gasteiger partial charge in [-0.3, -0.25) is 4.79 Å². The van der Waals surface area contributed by atoms with Crippen LogP contribution in [0.3, 0.4) is 0 Å². The van der Waals surface area contributed by atoms with E-state index in [1.807, 2.05) is 0 Å². The predicted molar refractivity (Wildman–Crippen MR) is 111 cm³/mol. The van der Waals surface area contributed by atoms with E-state index in [9.17, 15) is 4.79 Å². The van der Waals surface area contributed by atoms with Gasteiger partial charge in [0.15, 0.2) is 5.79 Å². The zero-order valence-corrected chi connectivity index (χ0v) is 18.9. The third-order valence-electron chi connectivity index (χ3n) is 10.0. The summed E-state index contributed by atoms with van der Waals surface area (Å²) in [5.41, 5.74) is 1.88. The summed E-state index contributed by atoms with van der Waals surface area (Å²) < 4.78 is 18.3. The highest BCUT2D eigenvalue weighted by Crippen LogP contribution is 2.69. The molecule has 4 heteroatoms. The molecule has 4 aliphatic carbocycles. The van der Waals surface area contributed by atoms with E-state index in [2.05, 4.69) is 33.8 Å². The van der Waals surface area contributed by atoms with Crippen molar-refractivity contribution in [2.45, 2.75) is 91.5 Å². The molecule has 0 bridgehead atoms. The lowest BCUT2D eigenvalue weighted by molar-refractivity contribution is -0.246. The van der Waals surface area contributed by atoms with Crippen LogP contribution in [0.15, 0.2) is 11.6 Å². The van der Waals surface area contributed by atoms with Crippen LogP contribution < -0.4 is 0 Å². The van der Waals surface area contributed by atoms with Gasteiger partial charge >= 0.3 is 5.97 Å². The number of allylic oxidation sites excluding steroid dienone is 1. The van der Waals surface area contributed by atoms with E-state index in [0.29, 0.717) is 11.8 Å². The smallest absolute Gasteiger partial charge is 0.302 e. The molecule has 1 saturated heterocycles. The molecule has 29 heavy (non-hydrogen) atoms. The van der Waals surface area contributed by atoms with Gasteiger partial charge < -0.3 is 14.2 Å². The summed E-state index contributed by atoms with van der Waals surface area (Å²) in [4.78, 5) is 11.7. The van der Waals surface area contributed by atoms with Gasteiger partial charge in [0.1, 0.15) is 6.10 Å². The van der Waals surface area contributed by atoms with Gasteiger partial charge in [0.05, 0.1) is 13.2 Å². The van der Waals surface area contributed by atoms with Crippen molar-refractivity contribution >= 4 is 5.97 Å². The van der Waals surface area contributed by atoms with Crippen LogP contribution in [0.25, 0.3) is 0 Å². The lowest BCUT2D eigenvalue weighted by atomic mass is 9.44. The van der Waals surface area contributed by atoms with Crippen molar-refractivity contribution in [3.05, 3.63) is 11.6 Å². The van der Waals surface area contributed by atoms with Crippen molar-refractivity contribution in [2.75, 3.05) is 13.2 Å². The molecule has 0 aromatic carbocycles. The molecule has 6 atom stereocenters. The van der Waals surface area contributed by atoms with E-state index in [4.69, 9.17) is 14.2 Å². The van der Waals surface area contributed by atoms with Gasteiger partial charge in [-0.15, -0.1) is 0 Å². The average molecular weight is 403 g/mol. The van der Waals surface area contributed by atoms with Crippen molar-refractivity contribution in [1.29, 1.82) is 0 Å². The van der Waals surface area contributed by atoms with Crippen molar-refractivity contribution in [3.63, 3.8) is 0 Å². The van der Waals surface area contributed by atoms with Crippen molar-refractivity contribution in [2.24, 2.45) is 34.0 Å². The number of ether oxygens (including phenoxy) is 3. The van der Waals surface area contributed by atoms with Crippen molar-refractivity contribution in [3.8, 4) is 0 Å². The SMILES string of the molecule is CC(=O)O[C@@H]1CC[C@@H]2[C@H]3CC=C4C(C)(C)C5(CC[C@]4(C)[C@@H]3CC[C@]21C)OCCO5. The number of hydrogen-bond donors (Lipinski definition) is 0. The molecular weight excluding hydrogens is 364 g/mol. The minimum absolute atomic E-state index is 0.0851. The number of fused-ring (bicyclic) bond motifs is 5. The lowest BCUT2D eigenvalue weighted by Gasteiger charge is -2.62. The summed E-state index contributed by atoms with van der Waals surface area (Å²) in [6.45, 7) is 12.6. The van der Waals surface area contributed by atoms with E-state index in [0.717, 1.165) is 44.8 Å². The number of carbonyl (C=O) groups is 1.